The Morgan fingerprint density at radius 3 is 3.00 bits per heavy atom. The Balaban J connectivity index is 1.67. The maximum Gasteiger partial charge on any atom is 0.139 e. The van der Waals surface area contributed by atoms with Crippen molar-refractivity contribution in [3.05, 3.63) is 28.2 Å². The normalized spacial score (nSPS) is 22.6. The maximum absolute atomic E-state index is 9.90. The van der Waals surface area contributed by atoms with Crippen molar-refractivity contribution in [1.82, 2.24) is 5.32 Å². The van der Waals surface area contributed by atoms with Gasteiger partial charge >= 0.3 is 0 Å². The van der Waals surface area contributed by atoms with Gasteiger partial charge in [0.1, 0.15) is 18.5 Å². The molecule has 0 saturated heterocycles. The van der Waals surface area contributed by atoms with E-state index in [1.807, 2.05) is 0 Å². The lowest BCUT2D eigenvalue weighted by molar-refractivity contribution is 0.106. The highest BCUT2D eigenvalue weighted by Gasteiger charge is 2.35. The van der Waals surface area contributed by atoms with Gasteiger partial charge in [0, 0.05) is 23.7 Å². The van der Waals surface area contributed by atoms with Crippen LogP contribution in [-0.4, -0.2) is 30.4 Å². The zero-order chi connectivity index (χ0) is 14.5. The summed E-state index contributed by atoms with van der Waals surface area (Å²) in [6.07, 6.45) is 3.17. The number of benzene rings is 1. The van der Waals surface area contributed by atoms with Gasteiger partial charge in [-0.05, 0) is 30.9 Å². The number of hydrogen-bond donors (Lipinski definition) is 2. The van der Waals surface area contributed by atoms with Gasteiger partial charge in [0.15, 0.2) is 0 Å². The molecule has 0 bridgehead atoms. The number of aliphatic hydroxyl groups excluding tert-OH is 1. The zero-order valence-electron chi connectivity index (χ0n) is 11.6. The topological polar surface area (TPSA) is 41.5 Å². The second kappa shape index (κ2) is 7.51. The molecule has 1 aliphatic rings. The molecule has 1 fully saturated rings. The molecule has 0 radical (unpaired) electrons. The first-order valence-electron chi connectivity index (χ1n) is 7.09. The van der Waals surface area contributed by atoms with Gasteiger partial charge in [0.25, 0.3) is 0 Å². The third-order valence-corrected chi connectivity index (χ3v) is 4.07. The van der Waals surface area contributed by atoms with Gasteiger partial charge in [-0.3, -0.25) is 0 Å². The van der Waals surface area contributed by atoms with Crippen molar-refractivity contribution in [3.63, 3.8) is 0 Å². The SMILES string of the molecule is CCCC1CC1NCC(O)COc1cc(Cl)ccc1Cl. The summed E-state index contributed by atoms with van der Waals surface area (Å²) in [5.74, 6) is 1.30. The van der Waals surface area contributed by atoms with Crippen LogP contribution >= 0.6 is 23.2 Å². The molecule has 3 unspecified atom stereocenters. The molecule has 0 amide bonds. The summed E-state index contributed by atoms with van der Waals surface area (Å²) < 4.78 is 5.50. The first kappa shape index (κ1) is 15.9. The van der Waals surface area contributed by atoms with Crippen LogP contribution in [0.2, 0.25) is 10.0 Å². The second-order valence-electron chi connectivity index (χ2n) is 5.34. The van der Waals surface area contributed by atoms with Crippen LogP contribution in [0.1, 0.15) is 26.2 Å². The average Bonchev–Trinajstić information content (AvgIpc) is 3.16. The fourth-order valence-electron chi connectivity index (χ4n) is 2.31. The van der Waals surface area contributed by atoms with E-state index < -0.39 is 6.10 Å². The van der Waals surface area contributed by atoms with Crippen LogP contribution in [0, 0.1) is 5.92 Å². The van der Waals surface area contributed by atoms with E-state index in [1.54, 1.807) is 18.2 Å². The molecule has 1 aliphatic carbocycles. The highest BCUT2D eigenvalue weighted by molar-refractivity contribution is 6.34. The molecule has 1 saturated carbocycles. The minimum absolute atomic E-state index is 0.207. The third-order valence-electron chi connectivity index (χ3n) is 3.52. The summed E-state index contributed by atoms with van der Waals surface area (Å²) in [7, 11) is 0. The first-order valence-corrected chi connectivity index (χ1v) is 7.85. The average molecular weight is 318 g/mol. The van der Waals surface area contributed by atoms with Crippen molar-refractivity contribution in [1.29, 1.82) is 0 Å². The molecule has 1 aromatic carbocycles. The van der Waals surface area contributed by atoms with Crippen LogP contribution in [0.25, 0.3) is 0 Å². The van der Waals surface area contributed by atoms with Crippen molar-refractivity contribution in [2.75, 3.05) is 13.2 Å². The number of hydrogen-bond acceptors (Lipinski definition) is 3. The predicted molar refractivity (Wildman–Crippen MR) is 82.8 cm³/mol. The lowest BCUT2D eigenvalue weighted by Crippen LogP contribution is -2.33. The van der Waals surface area contributed by atoms with Crippen molar-refractivity contribution in [2.24, 2.45) is 5.92 Å². The van der Waals surface area contributed by atoms with Crippen molar-refractivity contribution < 1.29 is 9.84 Å². The van der Waals surface area contributed by atoms with E-state index in [0.717, 1.165) is 5.92 Å². The highest BCUT2D eigenvalue weighted by atomic mass is 35.5. The van der Waals surface area contributed by atoms with Crippen LogP contribution < -0.4 is 10.1 Å². The summed E-state index contributed by atoms with van der Waals surface area (Å²) in [4.78, 5) is 0. The van der Waals surface area contributed by atoms with Crippen molar-refractivity contribution in [3.8, 4) is 5.75 Å². The van der Waals surface area contributed by atoms with Gasteiger partial charge in [0.05, 0.1) is 5.02 Å². The van der Waals surface area contributed by atoms with E-state index in [2.05, 4.69) is 12.2 Å². The van der Waals surface area contributed by atoms with Crippen LogP contribution in [0.5, 0.6) is 5.75 Å². The molecule has 2 rings (SSSR count). The molecule has 0 aliphatic heterocycles. The number of rotatable bonds is 8. The molecule has 0 spiro atoms. The number of halogens is 2. The lowest BCUT2D eigenvalue weighted by atomic mass is 10.2. The Kier molecular flexibility index (Phi) is 5.97. The number of nitrogens with one attached hydrogen (secondary N) is 1. The third kappa shape index (κ3) is 4.81. The molecular formula is C15H21Cl2NO2. The predicted octanol–water partition coefficient (Wildman–Crippen LogP) is 3.51. The van der Waals surface area contributed by atoms with Crippen LogP contribution in [0.3, 0.4) is 0 Å². The smallest absolute Gasteiger partial charge is 0.139 e. The second-order valence-corrected chi connectivity index (χ2v) is 6.18. The van der Waals surface area contributed by atoms with Gasteiger partial charge in [-0.25, -0.2) is 0 Å². The van der Waals surface area contributed by atoms with Crippen molar-refractivity contribution >= 4 is 23.2 Å². The van der Waals surface area contributed by atoms with Crippen LogP contribution in [0.4, 0.5) is 0 Å². The zero-order valence-corrected chi connectivity index (χ0v) is 13.1. The minimum atomic E-state index is -0.548. The molecule has 3 atom stereocenters. The van der Waals surface area contributed by atoms with Gasteiger partial charge in [0.2, 0.25) is 0 Å². The Bertz CT molecular complexity index is 442. The molecule has 1 aromatic rings. The lowest BCUT2D eigenvalue weighted by Gasteiger charge is -2.14. The molecule has 0 aromatic heterocycles. The summed E-state index contributed by atoms with van der Waals surface area (Å²) >= 11 is 11.9. The minimum Gasteiger partial charge on any atom is -0.489 e. The Morgan fingerprint density at radius 1 is 1.45 bits per heavy atom. The van der Waals surface area contributed by atoms with E-state index in [9.17, 15) is 5.11 Å². The quantitative estimate of drug-likeness (QED) is 0.771. The van der Waals surface area contributed by atoms with E-state index in [1.165, 1.54) is 19.3 Å². The van der Waals surface area contributed by atoms with E-state index >= 15 is 0 Å². The van der Waals surface area contributed by atoms with E-state index in [0.29, 0.717) is 28.4 Å². The molecular weight excluding hydrogens is 297 g/mol. The summed E-state index contributed by atoms with van der Waals surface area (Å²) in [6.45, 7) is 2.95. The molecule has 5 heteroatoms. The largest absolute Gasteiger partial charge is 0.489 e. The molecule has 20 heavy (non-hydrogen) atoms. The Morgan fingerprint density at radius 2 is 2.25 bits per heavy atom. The van der Waals surface area contributed by atoms with Gasteiger partial charge in [-0.1, -0.05) is 36.5 Å². The fourth-order valence-corrected chi connectivity index (χ4v) is 2.64. The maximum atomic E-state index is 9.90. The van der Waals surface area contributed by atoms with E-state index in [-0.39, 0.29) is 6.61 Å². The fraction of sp³-hybridized carbons (Fsp3) is 0.600. The van der Waals surface area contributed by atoms with E-state index in [4.69, 9.17) is 27.9 Å². The number of aliphatic hydroxyl groups is 1. The summed E-state index contributed by atoms with van der Waals surface area (Å²) in [5.41, 5.74) is 0. The summed E-state index contributed by atoms with van der Waals surface area (Å²) in [6, 6.07) is 5.61. The summed E-state index contributed by atoms with van der Waals surface area (Å²) in [5, 5.41) is 14.3. The Hall–Kier alpha value is -0.480. The monoisotopic (exact) mass is 317 g/mol. The van der Waals surface area contributed by atoms with Gasteiger partial charge < -0.3 is 15.2 Å². The first-order chi connectivity index (χ1) is 9.60. The highest BCUT2D eigenvalue weighted by Crippen LogP contribution is 2.34. The molecule has 112 valence electrons. The molecule has 0 heterocycles. The molecule has 2 N–H and O–H groups in total. The van der Waals surface area contributed by atoms with Gasteiger partial charge in [-0.15, -0.1) is 0 Å². The standard InChI is InChI=1S/C15H21Cl2NO2/c1-2-3-10-6-14(10)18-8-12(19)9-20-15-7-11(16)4-5-13(15)17/h4-5,7,10,12,14,18-19H,2-3,6,8-9H2,1H3. The van der Waals surface area contributed by atoms with Crippen molar-refractivity contribution in [2.45, 2.75) is 38.3 Å². The number of ether oxygens (including phenoxy) is 1. The van der Waals surface area contributed by atoms with Crippen LogP contribution in [0.15, 0.2) is 18.2 Å². The van der Waals surface area contributed by atoms with Crippen LogP contribution in [-0.2, 0) is 0 Å². The Labute approximate surface area is 130 Å². The molecule has 3 nitrogen and oxygen atoms in total. The van der Waals surface area contributed by atoms with Gasteiger partial charge in [-0.2, -0.15) is 0 Å².